The lowest BCUT2D eigenvalue weighted by molar-refractivity contribution is 1.01. The van der Waals surface area contributed by atoms with E-state index in [1.54, 1.807) is 0 Å². The zero-order valence-corrected chi connectivity index (χ0v) is 8.56. The normalized spacial score (nSPS) is 15.5. The Kier molecular flexibility index (Phi) is 1.97. The van der Waals surface area contributed by atoms with Crippen molar-refractivity contribution >= 4 is 16.5 Å². The molecule has 2 rings (SSSR count). The molecule has 0 atom stereocenters. The molecule has 1 aliphatic carbocycles. The highest BCUT2D eigenvalue weighted by Crippen LogP contribution is 2.43. The van der Waals surface area contributed by atoms with E-state index in [1.165, 1.54) is 24.2 Å². The Morgan fingerprint density at radius 3 is 2.69 bits per heavy atom. The molecule has 0 saturated heterocycles. The highest BCUT2D eigenvalue weighted by molar-refractivity contribution is 7.16. The van der Waals surface area contributed by atoms with Crippen LogP contribution in [-0.2, 0) is 0 Å². The first-order chi connectivity index (χ1) is 6.22. The van der Waals surface area contributed by atoms with Crippen molar-refractivity contribution in [1.82, 2.24) is 4.98 Å². The smallest absolute Gasteiger partial charge is 0.186 e. The van der Waals surface area contributed by atoms with Gasteiger partial charge in [-0.2, -0.15) is 5.26 Å². The maximum absolute atomic E-state index is 8.89. The first-order valence-electron chi connectivity index (χ1n) is 4.30. The second-order valence-corrected chi connectivity index (χ2v) is 4.47. The summed E-state index contributed by atoms with van der Waals surface area (Å²) < 4.78 is 0. The molecule has 1 aromatic rings. The minimum Gasteiger partial charge on any atom is -0.354 e. The van der Waals surface area contributed by atoms with Gasteiger partial charge in [0.15, 0.2) is 5.13 Å². The van der Waals surface area contributed by atoms with Gasteiger partial charge in [0.2, 0.25) is 0 Å². The summed E-state index contributed by atoms with van der Waals surface area (Å²) in [6.45, 7) is 0. The van der Waals surface area contributed by atoms with Crippen LogP contribution < -0.4 is 4.90 Å². The second kappa shape index (κ2) is 3.00. The van der Waals surface area contributed by atoms with E-state index in [-0.39, 0.29) is 0 Å². The molecule has 0 N–H and O–H groups in total. The lowest BCUT2D eigenvalue weighted by Crippen LogP contribution is -2.07. The molecular weight excluding hydrogens is 182 g/mol. The van der Waals surface area contributed by atoms with E-state index in [9.17, 15) is 0 Å². The number of hydrogen-bond donors (Lipinski definition) is 0. The van der Waals surface area contributed by atoms with Crippen LogP contribution in [0.15, 0.2) is 0 Å². The highest BCUT2D eigenvalue weighted by Gasteiger charge is 2.29. The molecule has 0 spiro atoms. The van der Waals surface area contributed by atoms with Crippen LogP contribution in [-0.4, -0.2) is 19.1 Å². The van der Waals surface area contributed by atoms with Crippen LogP contribution in [0.5, 0.6) is 0 Å². The summed E-state index contributed by atoms with van der Waals surface area (Å²) >= 11 is 1.49. The second-order valence-electron chi connectivity index (χ2n) is 3.49. The third kappa shape index (κ3) is 1.52. The molecule has 0 aliphatic heterocycles. The van der Waals surface area contributed by atoms with Gasteiger partial charge in [-0.3, -0.25) is 0 Å². The van der Waals surface area contributed by atoms with Crippen molar-refractivity contribution in [3.63, 3.8) is 0 Å². The molecule has 1 aliphatic rings. The van der Waals surface area contributed by atoms with Crippen LogP contribution in [0, 0.1) is 11.3 Å². The van der Waals surface area contributed by atoms with Crippen LogP contribution in [0.4, 0.5) is 5.13 Å². The molecule has 0 amide bonds. The Balaban J connectivity index is 2.38. The van der Waals surface area contributed by atoms with Gasteiger partial charge in [-0.25, -0.2) is 4.98 Å². The molecule has 0 radical (unpaired) electrons. The Labute approximate surface area is 81.6 Å². The van der Waals surface area contributed by atoms with Crippen LogP contribution >= 0.6 is 11.3 Å². The lowest BCUT2D eigenvalue weighted by atomic mass is 10.3. The lowest BCUT2D eigenvalue weighted by Gasteiger charge is -2.04. The molecule has 4 heteroatoms. The predicted molar refractivity (Wildman–Crippen MR) is 53.1 cm³/mol. The van der Waals surface area contributed by atoms with Gasteiger partial charge in [0.25, 0.3) is 0 Å². The summed E-state index contributed by atoms with van der Waals surface area (Å²) in [5.74, 6) is 0.569. The van der Waals surface area contributed by atoms with Crippen molar-refractivity contribution in [2.24, 2.45) is 0 Å². The van der Waals surface area contributed by atoms with Crippen molar-refractivity contribution in [3.05, 3.63) is 10.6 Å². The topological polar surface area (TPSA) is 39.9 Å². The van der Waals surface area contributed by atoms with Crippen LogP contribution in [0.1, 0.15) is 29.3 Å². The van der Waals surface area contributed by atoms with Gasteiger partial charge < -0.3 is 4.90 Å². The highest BCUT2D eigenvalue weighted by atomic mass is 32.1. The molecule has 1 fully saturated rings. The molecule has 68 valence electrons. The van der Waals surface area contributed by atoms with E-state index < -0.39 is 0 Å². The zero-order chi connectivity index (χ0) is 9.42. The Morgan fingerprint density at radius 1 is 1.54 bits per heavy atom. The van der Waals surface area contributed by atoms with E-state index in [2.05, 4.69) is 11.1 Å². The fourth-order valence-corrected chi connectivity index (χ4v) is 2.10. The van der Waals surface area contributed by atoms with E-state index >= 15 is 0 Å². The summed E-state index contributed by atoms with van der Waals surface area (Å²) in [4.78, 5) is 7.22. The zero-order valence-electron chi connectivity index (χ0n) is 7.74. The fraction of sp³-hybridized carbons (Fsp3) is 0.556. The van der Waals surface area contributed by atoms with Crippen molar-refractivity contribution in [2.45, 2.75) is 18.8 Å². The number of nitrogens with zero attached hydrogens (tertiary/aromatic N) is 3. The molecule has 13 heavy (non-hydrogen) atoms. The van der Waals surface area contributed by atoms with Gasteiger partial charge in [0.05, 0.1) is 5.69 Å². The standard InChI is InChI=1S/C9H11N3S/c1-12(2)9-11-8(6-3-4-6)7(5-10)13-9/h6H,3-4H2,1-2H3. The largest absolute Gasteiger partial charge is 0.354 e. The van der Waals surface area contributed by atoms with Crippen molar-refractivity contribution < 1.29 is 0 Å². The van der Waals surface area contributed by atoms with Gasteiger partial charge in [0.1, 0.15) is 10.9 Å². The molecule has 1 aromatic heterocycles. The third-order valence-electron chi connectivity index (χ3n) is 2.09. The molecule has 3 nitrogen and oxygen atoms in total. The van der Waals surface area contributed by atoms with Gasteiger partial charge in [-0.05, 0) is 12.8 Å². The minimum atomic E-state index is 0.569. The average molecular weight is 193 g/mol. The molecular formula is C9H11N3S. The van der Waals surface area contributed by atoms with Crippen LogP contribution in [0.25, 0.3) is 0 Å². The van der Waals surface area contributed by atoms with Crippen molar-refractivity contribution in [2.75, 3.05) is 19.0 Å². The number of thiazole rings is 1. The van der Waals surface area contributed by atoms with Crippen LogP contribution in [0.2, 0.25) is 0 Å². The van der Waals surface area contributed by atoms with Crippen molar-refractivity contribution in [1.29, 1.82) is 5.26 Å². The monoisotopic (exact) mass is 193 g/mol. The van der Waals surface area contributed by atoms with Gasteiger partial charge in [0, 0.05) is 20.0 Å². The molecule has 0 bridgehead atoms. The summed E-state index contributed by atoms with van der Waals surface area (Å²) in [5.41, 5.74) is 1.02. The first kappa shape index (κ1) is 8.52. The molecule has 1 saturated carbocycles. The maximum atomic E-state index is 8.89. The first-order valence-corrected chi connectivity index (χ1v) is 5.12. The van der Waals surface area contributed by atoms with Crippen LogP contribution in [0.3, 0.4) is 0 Å². The maximum Gasteiger partial charge on any atom is 0.186 e. The SMILES string of the molecule is CN(C)c1nc(C2CC2)c(C#N)s1. The summed E-state index contributed by atoms with van der Waals surface area (Å²) in [6.07, 6.45) is 2.40. The Morgan fingerprint density at radius 2 is 2.23 bits per heavy atom. The average Bonchev–Trinajstić information content (AvgIpc) is 2.84. The van der Waals surface area contributed by atoms with Gasteiger partial charge >= 0.3 is 0 Å². The minimum absolute atomic E-state index is 0.569. The summed E-state index contributed by atoms with van der Waals surface area (Å²) in [7, 11) is 3.91. The predicted octanol–water partition coefficient (Wildman–Crippen LogP) is 1.96. The summed E-state index contributed by atoms with van der Waals surface area (Å²) in [5, 5.41) is 9.84. The molecule has 0 unspecified atom stereocenters. The molecule has 0 aromatic carbocycles. The van der Waals surface area contributed by atoms with E-state index in [4.69, 9.17) is 5.26 Å². The van der Waals surface area contributed by atoms with E-state index in [0.29, 0.717) is 5.92 Å². The number of aromatic nitrogens is 1. The number of rotatable bonds is 2. The van der Waals surface area contributed by atoms with Crippen molar-refractivity contribution in [3.8, 4) is 6.07 Å². The fourth-order valence-electron chi connectivity index (χ4n) is 1.23. The van der Waals surface area contributed by atoms with Gasteiger partial charge in [-0.15, -0.1) is 0 Å². The Hall–Kier alpha value is -1.08. The number of hydrogen-bond acceptors (Lipinski definition) is 4. The molecule has 1 heterocycles. The van der Waals surface area contributed by atoms with E-state index in [1.807, 2.05) is 19.0 Å². The van der Waals surface area contributed by atoms with E-state index in [0.717, 1.165) is 15.7 Å². The quantitative estimate of drug-likeness (QED) is 0.720. The Bertz CT molecular complexity index is 357. The van der Waals surface area contributed by atoms with Gasteiger partial charge in [-0.1, -0.05) is 11.3 Å². The number of anilines is 1. The number of nitriles is 1. The third-order valence-corrected chi connectivity index (χ3v) is 3.23. The summed E-state index contributed by atoms with van der Waals surface area (Å²) in [6, 6.07) is 2.22.